The van der Waals surface area contributed by atoms with Crippen molar-refractivity contribution in [1.29, 1.82) is 0 Å². The number of hydrogen-bond donors (Lipinski definition) is 3. The van der Waals surface area contributed by atoms with Gasteiger partial charge < -0.3 is 26.6 Å². The summed E-state index contributed by atoms with van der Waals surface area (Å²) in [5.41, 5.74) is 27.5. The van der Waals surface area contributed by atoms with Gasteiger partial charge in [0.2, 0.25) is 0 Å². The molecular weight excluding hydrogens is 1430 g/mol. The van der Waals surface area contributed by atoms with Crippen LogP contribution in [0.3, 0.4) is 0 Å². The Morgan fingerprint density at radius 1 is 0.451 bits per heavy atom. The molecular formula is C103H123BrLi2N6O. The van der Waals surface area contributed by atoms with Crippen LogP contribution in [0.25, 0.3) is 55.9 Å². The molecule has 1 saturated heterocycles. The van der Waals surface area contributed by atoms with E-state index in [0.29, 0.717) is 35.8 Å². The summed E-state index contributed by atoms with van der Waals surface area (Å²) in [7, 11) is 0. The van der Waals surface area contributed by atoms with Crippen LogP contribution in [-0.2, 0) is 17.6 Å². The van der Waals surface area contributed by atoms with Crippen LogP contribution in [0.1, 0.15) is 218 Å². The summed E-state index contributed by atoms with van der Waals surface area (Å²) in [5.74, 6) is 3.03. The minimum absolute atomic E-state index is 0. The van der Waals surface area contributed by atoms with Crippen LogP contribution in [0.4, 0.5) is 22.7 Å². The molecule has 3 N–H and O–H groups in total. The number of fused-ring (bicyclic) bond motifs is 2. The molecule has 3 aliphatic heterocycles. The number of benzene rings is 10. The van der Waals surface area contributed by atoms with E-state index in [1.54, 1.807) is 0 Å². The predicted molar refractivity (Wildman–Crippen MR) is 487 cm³/mol. The van der Waals surface area contributed by atoms with Crippen molar-refractivity contribution in [2.75, 3.05) is 29.2 Å². The van der Waals surface area contributed by atoms with E-state index in [1.807, 2.05) is 66.9 Å². The molecule has 1 fully saturated rings. The van der Waals surface area contributed by atoms with Crippen molar-refractivity contribution < 1.29 is 42.5 Å². The number of halogens is 1. The predicted octanol–water partition coefficient (Wildman–Crippen LogP) is 23.7. The third kappa shape index (κ3) is 27.2. The Labute approximate surface area is 714 Å². The van der Waals surface area contributed by atoms with Crippen molar-refractivity contribution in [3.05, 3.63) is 340 Å². The molecule has 7 nitrogen and oxygen atoms in total. The maximum atomic E-state index is 5.43. The van der Waals surface area contributed by atoms with Gasteiger partial charge in [-0.25, -0.2) is 4.98 Å². The number of para-hydroxylation sites is 4. The molecule has 0 amide bonds. The van der Waals surface area contributed by atoms with E-state index in [1.165, 1.54) is 120 Å². The maximum Gasteiger partial charge on any atom is 1.00 e. The van der Waals surface area contributed by atoms with E-state index in [4.69, 9.17) is 19.7 Å². The van der Waals surface area contributed by atoms with Crippen molar-refractivity contribution in [2.45, 2.75) is 193 Å². The quantitative estimate of drug-likeness (QED) is 0.0539. The summed E-state index contributed by atoms with van der Waals surface area (Å²) >= 11 is 3.53. The van der Waals surface area contributed by atoms with Gasteiger partial charge in [0, 0.05) is 58.0 Å². The molecule has 10 aromatic carbocycles. The van der Waals surface area contributed by atoms with Gasteiger partial charge in [-0.15, -0.1) is 35.9 Å². The summed E-state index contributed by atoms with van der Waals surface area (Å²) in [6.07, 6.45) is 9.00. The summed E-state index contributed by atoms with van der Waals surface area (Å²) in [4.78, 5) is 15.3. The van der Waals surface area contributed by atoms with Crippen molar-refractivity contribution in [1.82, 2.24) is 9.97 Å². The largest absolute Gasteiger partial charge is 1.00 e. The first-order valence-electron chi connectivity index (χ1n) is 39.0. The number of aryl methyl sites for hydroxylation is 2. The summed E-state index contributed by atoms with van der Waals surface area (Å²) in [6, 6.07) is 99.5. The molecule has 0 saturated carbocycles. The number of aromatic nitrogens is 2. The van der Waals surface area contributed by atoms with E-state index in [9.17, 15) is 0 Å². The molecule has 580 valence electrons. The van der Waals surface area contributed by atoms with E-state index >= 15 is 0 Å². The van der Waals surface area contributed by atoms with Crippen molar-refractivity contribution in [2.24, 2.45) is 4.99 Å². The van der Waals surface area contributed by atoms with Gasteiger partial charge in [-0.05, 0) is 168 Å². The van der Waals surface area contributed by atoms with Gasteiger partial charge >= 0.3 is 37.7 Å². The Hall–Kier alpha value is -8.80. The minimum Gasteiger partial charge on any atom is -0.382 e. The second kappa shape index (κ2) is 48.4. The van der Waals surface area contributed by atoms with Gasteiger partial charge in [0.25, 0.3) is 0 Å². The molecule has 0 radical (unpaired) electrons. The number of hydrogen-bond acceptors (Lipinski definition) is 7. The van der Waals surface area contributed by atoms with Gasteiger partial charge in [-0.2, -0.15) is 20.8 Å². The molecule has 12 aromatic rings. The molecule has 15 rings (SSSR count). The third-order valence-electron chi connectivity index (χ3n) is 19.4. The van der Waals surface area contributed by atoms with Gasteiger partial charge in [-0.1, -0.05) is 318 Å². The number of aliphatic imine (C=N–C) groups is 1. The first kappa shape index (κ1) is 94.8. The first-order valence-corrected chi connectivity index (χ1v) is 39.8. The summed E-state index contributed by atoms with van der Waals surface area (Å²) < 4.78 is 6.08. The topological polar surface area (TPSA) is 83.5 Å². The van der Waals surface area contributed by atoms with Crippen LogP contribution in [0.15, 0.2) is 282 Å². The second-order valence-electron chi connectivity index (χ2n) is 30.1. The SMILES string of the molecule is Brc1ccccc1-c1ccccc1.C.C.C.C1CCOC1.CC1CCc2cccc(-c3cccc(C(Nc4c(C(C)C)cccc4C(C)C)c4ccccc4-c4ccccc4)n3)c2N1.CC1CCc2cccc(-c3cccc(C=Nc4c(C(C)C)cccc4C(C)C)n3)c2N1.C[C-](C)C.[Li+].[Li+].[c-]1ccccc1-c1ccccc1. The smallest absolute Gasteiger partial charge is 0.382 e. The van der Waals surface area contributed by atoms with Gasteiger partial charge in [0.05, 0.1) is 40.7 Å². The number of rotatable bonds is 15. The number of ether oxygens (including phenoxy) is 1. The Morgan fingerprint density at radius 3 is 1.34 bits per heavy atom. The molecule has 0 bridgehead atoms. The summed E-state index contributed by atoms with van der Waals surface area (Å²) in [6.45, 7) is 30.8. The van der Waals surface area contributed by atoms with Crippen molar-refractivity contribution in [3.63, 3.8) is 0 Å². The molecule has 0 spiro atoms. The summed E-state index contributed by atoms with van der Waals surface area (Å²) in [5, 5.41) is 11.5. The van der Waals surface area contributed by atoms with Crippen LogP contribution in [0, 0.1) is 12.0 Å². The Kier molecular flexibility index (Phi) is 40.6. The van der Waals surface area contributed by atoms with E-state index in [2.05, 4.69) is 340 Å². The maximum absolute atomic E-state index is 5.43. The molecule has 3 unspecified atom stereocenters. The zero-order valence-corrected chi connectivity index (χ0v) is 69.5. The average Bonchev–Trinajstić information content (AvgIpc) is 1.49. The number of pyridine rings is 2. The number of nitrogens with one attached hydrogen (secondary N) is 3. The standard InChI is InChI=1S/C40H43N3.C28H33N3.C12H9Br.C12H9.C4H8O.C4H9.3CH4.2Li/c1-26(2)31-19-12-20-32(27(3)4)39(31)43-40(34-18-10-9-17-33(34)29-14-7-6-8-15-29)37-23-13-22-36(42-37)35-21-11-16-30-25-24-28(5)41-38(30)35;1-18(2)23-11-8-12-24(19(3)4)28(23)29-17-22-10-7-14-26(31-22)25-13-6-9-21-16-15-20(5)30-27(21)25;13-12-9-5-4-8-11(12)10-6-2-1-3-7-10;1-3-7-11(8-4-1)12-9-5-2-6-10-12;1-2-4-5-3-1;1-4(2)3;;;;;/h6-23,26-28,40-41,43H,24-25H2,1-5H3;6-14,17-20,30H,15-16H2,1-5H3;1-9H;1-9H;1-4H2;1-3H3;3*1H4;;/q;;;-1;;-1;;;;2*+1. The number of nitrogens with zero attached hydrogens (tertiary/aromatic N) is 3. The van der Waals surface area contributed by atoms with Crippen molar-refractivity contribution >= 4 is 44.9 Å². The minimum atomic E-state index is -0.153. The Bertz CT molecular complexity index is 4670. The molecule has 113 heavy (non-hydrogen) atoms. The first-order chi connectivity index (χ1) is 52.4. The molecule has 3 atom stereocenters. The third-order valence-corrected chi connectivity index (χ3v) is 20.1. The fourth-order valence-corrected chi connectivity index (χ4v) is 14.3. The van der Waals surface area contributed by atoms with Crippen LogP contribution in [0.2, 0.25) is 0 Å². The van der Waals surface area contributed by atoms with E-state index < -0.39 is 0 Å². The Balaban J connectivity index is 0.000000281. The van der Waals surface area contributed by atoms with Crippen LogP contribution < -0.4 is 53.7 Å². The average molecular weight is 1550 g/mol. The van der Waals surface area contributed by atoms with Gasteiger partial charge in [0.15, 0.2) is 0 Å². The van der Waals surface area contributed by atoms with Crippen molar-refractivity contribution in [3.8, 4) is 55.9 Å². The fraction of sp³-hybridized carbons (Fsp3) is 0.301. The molecule has 0 aliphatic carbocycles. The van der Waals surface area contributed by atoms with Gasteiger partial charge in [-0.3, -0.25) is 9.98 Å². The molecule has 3 aliphatic rings. The normalized spacial score (nSPS) is 13.7. The zero-order chi connectivity index (χ0) is 76.3. The van der Waals surface area contributed by atoms with E-state index in [-0.39, 0.29) is 66.0 Å². The van der Waals surface area contributed by atoms with E-state index in [0.717, 1.165) is 71.0 Å². The monoisotopic (exact) mass is 1550 g/mol. The molecule has 10 heteroatoms. The van der Waals surface area contributed by atoms with Gasteiger partial charge in [0.1, 0.15) is 0 Å². The van der Waals surface area contributed by atoms with Crippen LogP contribution in [-0.4, -0.2) is 41.5 Å². The Morgan fingerprint density at radius 2 is 0.858 bits per heavy atom. The van der Waals surface area contributed by atoms with Crippen LogP contribution >= 0.6 is 15.9 Å². The van der Waals surface area contributed by atoms with Crippen LogP contribution in [0.5, 0.6) is 0 Å². The number of anilines is 3. The zero-order valence-electron chi connectivity index (χ0n) is 67.9. The fourth-order valence-electron chi connectivity index (χ4n) is 13.8. The second-order valence-corrected chi connectivity index (χ2v) is 30.9. The molecule has 2 aromatic heterocycles. The molecule has 5 heterocycles.